The van der Waals surface area contributed by atoms with Crippen LogP contribution in [0.25, 0.3) is 0 Å². The second-order valence-corrected chi connectivity index (χ2v) is 5.20. The molecular weight excluding hydrogens is 252 g/mol. The van der Waals surface area contributed by atoms with Crippen molar-refractivity contribution in [2.75, 3.05) is 14.2 Å². The molecule has 0 saturated heterocycles. The fourth-order valence-corrected chi connectivity index (χ4v) is 2.68. The van der Waals surface area contributed by atoms with Gasteiger partial charge in [-0.2, -0.15) is 0 Å². The molecule has 0 amide bonds. The number of rotatable bonds is 5. The lowest BCUT2D eigenvalue weighted by molar-refractivity contribution is 0.150. The van der Waals surface area contributed by atoms with E-state index in [4.69, 9.17) is 21.1 Å². The number of hydrogen-bond donors (Lipinski definition) is 1. The molecule has 3 nitrogen and oxygen atoms in total. The Morgan fingerprint density at radius 2 is 2.00 bits per heavy atom. The zero-order valence-electron chi connectivity index (χ0n) is 11.0. The van der Waals surface area contributed by atoms with Gasteiger partial charge in [-0.15, -0.1) is 0 Å². The van der Waals surface area contributed by atoms with E-state index >= 15 is 0 Å². The molecular formula is C14H19ClO3. The first-order valence-corrected chi connectivity index (χ1v) is 6.57. The average Bonchev–Trinajstić information content (AvgIpc) is 3.06. The molecule has 100 valence electrons. The lowest BCUT2D eigenvalue weighted by Gasteiger charge is -2.18. The van der Waals surface area contributed by atoms with Gasteiger partial charge in [0.25, 0.3) is 0 Å². The molecule has 0 unspecified atom stereocenters. The molecule has 2 rings (SSSR count). The van der Waals surface area contributed by atoms with Gasteiger partial charge in [0.2, 0.25) is 0 Å². The second kappa shape index (κ2) is 4.98. The first kappa shape index (κ1) is 13.5. The van der Waals surface area contributed by atoms with E-state index in [0.717, 1.165) is 30.4 Å². The Labute approximate surface area is 113 Å². The summed E-state index contributed by atoms with van der Waals surface area (Å²) in [6, 6.07) is 1.93. The number of ether oxygens (including phenoxy) is 2. The summed E-state index contributed by atoms with van der Waals surface area (Å²) in [4.78, 5) is 0. The van der Waals surface area contributed by atoms with Crippen LogP contribution >= 0.6 is 11.6 Å². The minimum Gasteiger partial charge on any atom is -0.493 e. The highest BCUT2D eigenvalue weighted by Crippen LogP contribution is 2.44. The maximum absolute atomic E-state index is 10.1. The Kier molecular flexibility index (Phi) is 3.74. The van der Waals surface area contributed by atoms with E-state index in [-0.39, 0.29) is 0 Å². The Bertz CT molecular complexity index is 453. The van der Waals surface area contributed by atoms with Gasteiger partial charge in [0, 0.05) is 6.42 Å². The van der Waals surface area contributed by atoms with Crippen LogP contribution in [0.2, 0.25) is 5.02 Å². The molecule has 0 radical (unpaired) electrons. The summed E-state index contributed by atoms with van der Waals surface area (Å²) in [5, 5.41) is 10.7. The van der Waals surface area contributed by atoms with Crippen molar-refractivity contribution in [3.63, 3.8) is 0 Å². The highest BCUT2D eigenvalue weighted by Gasteiger charge is 2.41. The molecule has 1 aliphatic carbocycles. The summed E-state index contributed by atoms with van der Waals surface area (Å²) in [6.07, 6.45) is 3.17. The third-order valence-electron chi connectivity index (χ3n) is 3.51. The molecule has 1 aromatic rings. The normalized spacial score (nSPS) is 16.5. The van der Waals surface area contributed by atoms with Crippen molar-refractivity contribution in [1.29, 1.82) is 0 Å². The van der Waals surface area contributed by atoms with Crippen LogP contribution in [0.1, 0.15) is 30.9 Å². The molecule has 1 N–H and O–H groups in total. The Balaban J connectivity index is 2.47. The van der Waals surface area contributed by atoms with Gasteiger partial charge in [-0.3, -0.25) is 0 Å². The van der Waals surface area contributed by atoms with Crippen LogP contribution in [0.5, 0.6) is 11.5 Å². The van der Waals surface area contributed by atoms with E-state index in [1.54, 1.807) is 14.2 Å². The lowest BCUT2D eigenvalue weighted by atomic mass is 9.97. The van der Waals surface area contributed by atoms with Crippen molar-refractivity contribution in [2.45, 2.75) is 38.2 Å². The van der Waals surface area contributed by atoms with Crippen LogP contribution in [-0.4, -0.2) is 24.9 Å². The molecule has 0 aliphatic heterocycles. The molecule has 1 aromatic carbocycles. The topological polar surface area (TPSA) is 38.7 Å². The first-order valence-electron chi connectivity index (χ1n) is 6.19. The average molecular weight is 271 g/mol. The number of aliphatic hydroxyl groups is 1. The molecule has 0 heterocycles. The largest absolute Gasteiger partial charge is 0.493 e. The standard InChI is InChI=1S/C14H19ClO3/c1-4-10-9(8-14(16)5-6-14)7-11(17-2)13(18-3)12(10)15/h7,16H,4-6,8H2,1-3H3. The van der Waals surface area contributed by atoms with E-state index in [1.807, 2.05) is 13.0 Å². The van der Waals surface area contributed by atoms with Gasteiger partial charge in [0.05, 0.1) is 24.8 Å². The van der Waals surface area contributed by atoms with Crippen LogP contribution in [-0.2, 0) is 12.8 Å². The summed E-state index contributed by atoms with van der Waals surface area (Å²) in [6.45, 7) is 2.05. The van der Waals surface area contributed by atoms with Crippen LogP contribution in [0, 0.1) is 0 Å². The zero-order valence-corrected chi connectivity index (χ0v) is 11.8. The van der Waals surface area contributed by atoms with Crippen molar-refractivity contribution >= 4 is 11.6 Å². The van der Waals surface area contributed by atoms with Crippen molar-refractivity contribution in [3.05, 3.63) is 22.2 Å². The molecule has 4 heteroatoms. The summed E-state index contributed by atoms with van der Waals surface area (Å²) in [7, 11) is 3.17. The molecule has 0 aromatic heterocycles. The zero-order chi connectivity index (χ0) is 13.3. The van der Waals surface area contributed by atoms with Gasteiger partial charge in [-0.05, 0) is 36.5 Å². The van der Waals surface area contributed by atoms with E-state index < -0.39 is 5.60 Å². The van der Waals surface area contributed by atoms with E-state index in [9.17, 15) is 5.11 Å². The fraction of sp³-hybridized carbons (Fsp3) is 0.571. The fourth-order valence-electron chi connectivity index (χ4n) is 2.25. The Morgan fingerprint density at radius 3 is 2.44 bits per heavy atom. The molecule has 0 spiro atoms. The predicted octanol–water partition coefficient (Wildman–Crippen LogP) is 2.99. The van der Waals surface area contributed by atoms with Gasteiger partial charge >= 0.3 is 0 Å². The second-order valence-electron chi connectivity index (χ2n) is 4.82. The number of methoxy groups -OCH3 is 2. The highest BCUT2D eigenvalue weighted by molar-refractivity contribution is 6.33. The molecule has 1 saturated carbocycles. The molecule has 1 fully saturated rings. The van der Waals surface area contributed by atoms with Crippen molar-refractivity contribution < 1.29 is 14.6 Å². The quantitative estimate of drug-likeness (QED) is 0.894. The summed E-state index contributed by atoms with van der Waals surface area (Å²) in [5.74, 6) is 1.20. The monoisotopic (exact) mass is 270 g/mol. The minimum atomic E-state index is -0.535. The van der Waals surface area contributed by atoms with Crippen LogP contribution < -0.4 is 9.47 Å². The number of benzene rings is 1. The highest BCUT2D eigenvalue weighted by atomic mass is 35.5. The van der Waals surface area contributed by atoms with Gasteiger partial charge in [-0.25, -0.2) is 0 Å². The Morgan fingerprint density at radius 1 is 1.33 bits per heavy atom. The maximum Gasteiger partial charge on any atom is 0.179 e. The van der Waals surface area contributed by atoms with Gasteiger partial charge in [0.1, 0.15) is 0 Å². The van der Waals surface area contributed by atoms with Crippen molar-refractivity contribution in [2.24, 2.45) is 0 Å². The molecule has 18 heavy (non-hydrogen) atoms. The van der Waals surface area contributed by atoms with E-state index in [0.29, 0.717) is 22.9 Å². The predicted molar refractivity (Wildman–Crippen MR) is 71.8 cm³/mol. The van der Waals surface area contributed by atoms with Gasteiger partial charge in [-0.1, -0.05) is 18.5 Å². The molecule has 1 aliphatic rings. The van der Waals surface area contributed by atoms with Crippen molar-refractivity contribution in [3.8, 4) is 11.5 Å². The molecule has 0 atom stereocenters. The third kappa shape index (κ3) is 2.43. The third-order valence-corrected chi connectivity index (χ3v) is 3.91. The van der Waals surface area contributed by atoms with Crippen molar-refractivity contribution in [1.82, 2.24) is 0 Å². The first-order chi connectivity index (χ1) is 8.54. The smallest absolute Gasteiger partial charge is 0.179 e. The van der Waals surface area contributed by atoms with Crippen LogP contribution in [0.4, 0.5) is 0 Å². The molecule has 0 bridgehead atoms. The SMILES string of the molecule is CCc1c(CC2(O)CC2)cc(OC)c(OC)c1Cl. The summed E-state index contributed by atoms with van der Waals surface area (Å²) in [5.41, 5.74) is 1.56. The number of hydrogen-bond acceptors (Lipinski definition) is 3. The van der Waals surface area contributed by atoms with E-state index in [2.05, 4.69) is 0 Å². The minimum absolute atomic E-state index is 0.535. The van der Waals surface area contributed by atoms with Crippen LogP contribution in [0.15, 0.2) is 6.07 Å². The summed E-state index contributed by atoms with van der Waals surface area (Å²) < 4.78 is 10.6. The van der Waals surface area contributed by atoms with E-state index in [1.165, 1.54) is 0 Å². The summed E-state index contributed by atoms with van der Waals surface area (Å²) >= 11 is 6.36. The maximum atomic E-state index is 10.1. The lowest BCUT2D eigenvalue weighted by Crippen LogP contribution is -2.13. The van der Waals surface area contributed by atoms with Gasteiger partial charge in [0.15, 0.2) is 11.5 Å². The number of halogens is 1. The van der Waals surface area contributed by atoms with Crippen LogP contribution in [0.3, 0.4) is 0 Å². The van der Waals surface area contributed by atoms with Gasteiger partial charge < -0.3 is 14.6 Å². The Hall–Kier alpha value is -0.930.